The van der Waals surface area contributed by atoms with Crippen LogP contribution in [0.5, 0.6) is 0 Å². The molecule has 0 atom stereocenters. The third-order valence-corrected chi connectivity index (χ3v) is 6.53. The lowest BCUT2D eigenvalue weighted by Gasteiger charge is -2.20. The number of hydrogen-bond donors (Lipinski definition) is 0. The number of fused-ring (bicyclic) bond motifs is 3. The van der Waals surface area contributed by atoms with Gasteiger partial charge in [-0.15, -0.1) is 0 Å². The van der Waals surface area contributed by atoms with E-state index in [9.17, 15) is 4.79 Å². The number of rotatable bonds is 4. The highest BCUT2D eigenvalue weighted by Gasteiger charge is 2.28. The quantitative estimate of drug-likeness (QED) is 0.476. The fourth-order valence-electron chi connectivity index (χ4n) is 3.34. The van der Waals surface area contributed by atoms with Crippen molar-refractivity contribution in [1.29, 1.82) is 0 Å². The number of ether oxygens (including phenoxy) is 1. The average Bonchev–Trinajstić information content (AvgIpc) is 3.18. The van der Waals surface area contributed by atoms with Crippen LogP contribution in [0.3, 0.4) is 0 Å². The number of halogens is 1. The Hall–Kier alpha value is -2.63. The van der Waals surface area contributed by atoms with E-state index >= 15 is 0 Å². The highest BCUT2D eigenvalue weighted by atomic mass is 35.5. The molecule has 0 bridgehead atoms. The monoisotopic (exact) mass is 424 g/mol. The lowest BCUT2D eigenvalue weighted by atomic mass is 10.1. The molecule has 0 radical (unpaired) electrons. The highest BCUT2D eigenvalue weighted by molar-refractivity contribution is 8.08. The number of carbonyl (C=O) groups is 1. The average molecular weight is 425 g/mol. The molecule has 0 spiro atoms. The van der Waals surface area contributed by atoms with Crippen molar-refractivity contribution in [1.82, 2.24) is 9.47 Å². The van der Waals surface area contributed by atoms with Crippen molar-refractivity contribution in [3.63, 3.8) is 0 Å². The van der Waals surface area contributed by atoms with Gasteiger partial charge in [-0.25, -0.2) is 4.79 Å². The van der Waals surface area contributed by atoms with E-state index in [1.54, 1.807) is 4.90 Å². The first kappa shape index (κ1) is 19.7. The second-order valence-corrected chi connectivity index (χ2v) is 7.95. The summed E-state index contributed by atoms with van der Waals surface area (Å²) in [7, 11) is 0. The topological polar surface area (TPSA) is 34.5 Å². The summed E-state index contributed by atoms with van der Waals surface area (Å²) in [6.07, 6.45) is 1.60. The molecule has 29 heavy (non-hydrogen) atoms. The van der Waals surface area contributed by atoms with Crippen LogP contribution in [0, 0.1) is 0 Å². The van der Waals surface area contributed by atoms with Gasteiger partial charge in [0.2, 0.25) is 0 Å². The molecule has 0 saturated carbocycles. The van der Waals surface area contributed by atoms with E-state index in [0.29, 0.717) is 23.9 Å². The molecule has 4 nitrogen and oxygen atoms in total. The van der Waals surface area contributed by atoms with Crippen molar-refractivity contribution in [2.24, 2.45) is 0 Å². The van der Waals surface area contributed by atoms with Gasteiger partial charge in [0.25, 0.3) is 0 Å². The lowest BCUT2D eigenvalue weighted by molar-refractivity contribution is 0.148. The summed E-state index contributed by atoms with van der Waals surface area (Å²) in [5, 5.41) is 0.664. The van der Waals surface area contributed by atoms with Gasteiger partial charge < -0.3 is 14.2 Å². The molecule has 2 aromatic carbocycles. The van der Waals surface area contributed by atoms with Crippen molar-refractivity contribution in [2.75, 3.05) is 13.1 Å². The van der Waals surface area contributed by atoms with E-state index in [1.807, 2.05) is 85.3 Å². The summed E-state index contributed by atoms with van der Waals surface area (Å²) in [6.45, 7) is 5.06. The molecule has 0 saturated heterocycles. The molecule has 1 aliphatic heterocycles. The van der Waals surface area contributed by atoms with Gasteiger partial charge in [-0.3, -0.25) is 0 Å². The van der Waals surface area contributed by atoms with Gasteiger partial charge in [-0.1, -0.05) is 59.8 Å². The van der Waals surface area contributed by atoms with Gasteiger partial charge in [0.15, 0.2) is 5.76 Å². The first-order valence-corrected chi connectivity index (χ1v) is 10.7. The largest absolute Gasteiger partial charge is 0.415 e. The smallest absolute Gasteiger partial charge is 0.407 e. The van der Waals surface area contributed by atoms with Crippen LogP contribution in [0.4, 0.5) is 4.79 Å². The number of carbonyl (C=O) groups excluding carboxylic acids is 1. The number of aromatic nitrogens is 1. The van der Waals surface area contributed by atoms with E-state index in [-0.39, 0.29) is 6.09 Å². The number of amides is 1. The van der Waals surface area contributed by atoms with Crippen LogP contribution < -0.4 is 0 Å². The zero-order valence-corrected chi connectivity index (χ0v) is 17.8. The minimum absolute atomic E-state index is 0.358. The Morgan fingerprint density at radius 2 is 1.79 bits per heavy atom. The molecular weight excluding hydrogens is 404 g/mol. The Morgan fingerprint density at radius 1 is 1.03 bits per heavy atom. The SMILES string of the molecule is CCN(CC)C(=O)OC1=C(c2ccccc2)Sc2c(Cl)cccc2-n2cccc21. The van der Waals surface area contributed by atoms with Crippen LogP contribution in [0.1, 0.15) is 25.1 Å². The summed E-state index contributed by atoms with van der Waals surface area (Å²) >= 11 is 8.10. The third-order valence-electron chi connectivity index (χ3n) is 4.84. The zero-order valence-electron chi connectivity index (χ0n) is 16.3. The van der Waals surface area contributed by atoms with Crippen molar-refractivity contribution in [2.45, 2.75) is 18.7 Å². The van der Waals surface area contributed by atoms with Gasteiger partial charge in [0.05, 0.1) is 26.2 Å². The Kier molecular flexibility index (Phi) is 5.69. The molecule has 6 heteroatoms. The third kappa shape index (κ3) is 3.68. The van der Waals surface area contributed by atoms with Gasteiger partial charge in [-0.05, 0) is 43.7 Å². The molecular formula is C23H21ClN2O2S. The second-order valence-electron chi connectivity index (χ2n) is 6.52. The van der Waals surface area contributed by atoms with Gasteiger partial charge in [0.1, 0.15) is 0 Å². The van der Waals surface area contributed by atoms with Gasteiger partial charge >= 0.3 is 6.09 Å². The van der Waals surface area contributed by atoms with Gasteiger partial charge in [0, 0.05) is 19.3 Å². The van der Waals surface area contributed by atoms with E-state index in [0.717, 1.165) is 26.7 Å². The zero-order chi connectivity index (χ0) is 20.4. The van der Waals surface area contributed by atoms with Gasteiger partial charge in [-0.2, -0.15) is 0 Å². The fraction of sp³-hybridized carbons (Fsp3) is 0.174. The summed E-state index contributed by atoms with van der Waals surface area (Å²) < 4.78 is 8.04. The summed E-state index contributed by atoms with van der Waals surface area (Å²) in [5.74, 6) is 0.537. The van der Waals surface area contributed by atoms with Crippen LogP contribution in [-0.2, 0) is 4.74 Å². The van der Waals surface area contributed by atoms with Crippen LogP contribution in [0.15, 0.2) is 71.8 Å². The first-order chi connectivity index (χ1) is 14.1. The van der Waals surface area contributed by atoms with E-state index < -0.39 is 0 Å². The number of hydrogen-bond acceptors (Lipinski definition) is 3. The minimum Gasteiger partial charge on any atom is -0.407 e. The van der Waals surface area contributed by atoms with E-state index in [2.05, 4.69) is 0 Å². The normalized spacial score (nSPS) is 12.8. The molecule has 0 unspecified atom stereocenters. The predicted molar refractivity (Wildman–Crippen MR) is 119 cm³/mol. The summed E-state index contributed by atoms with van der Waals surface area (Å²) in [6, 6.07) is 19.7. The Balaban J connectivity index is 1.94. The van der Waals surface area contributed by atoms with Crippen molar-refractivity contribution < 1.29 is 9.53 Å². The standard InChI is InChI=1S/C23H21ClN2O2S/c1-3-25(4-2)23(27)28-20-18-14-9-15-26(18)19-13-8-12-17(24)22(19)29-21(20)16-10-6-5-7-11-16/h5-15H,3-4H2,1-2H3. The highest BCUT2D eigenvalue weighted by Crippen LogP contribution is 2.48. The van der Waals surface area contributed by atoms with Crippen LogP contribution >= 0.6 is 23.4 Å². The van der Waals surface area contributed by atoms with Crippen molar-refractivity contribution in [3.05, 3.63) is 83.1 Å². The molecule has 3 aromatic rings. The molecule has 1 aliphatic rings. The summed E-state index contributed by atoms with van der Waals surface area (Å²) in [4.78, 5) is 16.3. The van der Waals surface area contributed by atoms with E-state index in [4.69, 9.17) is 16.3 Å². The lowest BCUT2D eigenvalue weighted by Crippen LogP contribution is -2.31. The molecule has 148 valence electrons. The Morgan fingerprint density at radius 3 is 2.52 bits per heavy atom. The van der Waals surface area contributed by atoms with Crippen molar-refractivity contribution >= 4 is 40.1 Å². The molecule has 4 rings (SSSR count). The molecule has 0 aliphatic carbocycles. The second kappa shape index (κ2) is 8.39. The fourth-order valence-corrected chi connectivity index (χ4v) is 4.76. The molecule has 2 heterocycles. The first-order valence-electron chi connectivity index (χ1n) is 9.55. The van der Waals surface area contributed by atoms with Crippen LogP contribution in [-0.4, -0.2) is 28.6 Å². The maximum Gasteiger partial charge on any atom is 0.415 e. The number of nitrogens with zero attached hydrogens (tertiary/aromatic N) is 2. The predicted octanol–water partition coefficient (Wildman–Crippen LogP) is 6.54. The molecule has 1 aromatic heterocycles. The summed E-state index contributed by atoms with van der Waals surface area (Å²) in [5.41, 5.74) is 2.75. The Bertz CT molecular complexity index is 1070. The maximum absolute atomic E-state index is 12.9. The molecule has 1 amide bonds. The van der Waals surface area contributed by atoms with E-state index in [1.165, 1.54) is 11.8 Å². The Labute approximate surface area is 179 Å². The minimum atomic E-state index is -0.358. The molecule has 0 fully saturated rings. The van der Waals surface area contributed by atoms with Crippen molar-refractivity contribution in [3.8, 4) is 5.69 Å². The van der Waals surface area contributed by atoms with Crippen LogP contribution in [0.25, 0.3) is 16.4 Å². The number of benzene rings is 2. The van der Waals surface area contributed by atoms with Crippen LogP contribution in [0.2, 0.25) is 5.02 Å². The maximum atomic E-state index is 12.9. The number of thioether (sulfide) groups is 1. The molecule has 0 N–H and O–H groups in total.